The molecule has 152 valence electrons. The third-order valence-electron chi connectivity index (χ3n) is 4.64. The second-order valence-electron chi connectivity index (χ2n) is 6.83. The second kappa shape index (κ2) is 9.28. The molecule has 0 aliphatic carbocycles. The predicted octanol–water partition coefficient (Wildman–Crippen LogP) is 6.12. The van der Waals surface area contributed by atoms with E-state index in [0.717, 1.165) is 27.1 Å². The number of aromatic nitrogens is 1. The monoisotopic (exact) mass is 436 g/mol. The molecule has 0 saturated heterocycles. The van der Waals surface area contributed by atoms with Crippen molar-refractivity contribution in [3.05, 3.63) is 88.9 Å². The second-order valence-corrected chi connectivity index (χ2v) is 8.27. The van der Waals surface area contributed by atoms with Gasteiger partial charge in [-0.2, -0.15) is 0 Å². The number of fused-ring (bicyclic) bond motifs is 1. The van der Waals surface area contributed by atoms with E-state index >= 15 is 0 Å². The molecular formula is C24H21ClN2O2S. The first-order chi connectivity index (χ1) is 14.6. The maximum atomic E-state index is 13.3. The maximum Gasteiger partial charge on any atom is 0.233 e. The van der Waals surface area contributed by atoms with Gasteiger partial charge in [0.15, 0.2) is 5.13 Å². The summed E-state index contributed by atoms with van der Waals surface area (Å²) in [5.74, 6) is 0.797. The van der Waals surface area contributed by atoms with Crippen molar-refractivity contribution in [2.75, 3.05) is 11.5 Å². The summed E-state index contributed by atoms with van der Waals surface area (Å²) in [7, 11) is 0. The van der Waals surface area contributed by atoms with Crippen molar-refractivity contribution < 1.29 is 9.53 Å². The molecule has 1 heterocycles. The fraction of sp³-hybridized carbons (Fsp3) is 0.167. The van der Waals surface area contributed by atoms with Crippen LogP contribution in [0.1, 0.15) is 18.1 Å². The van der Waals surface area contributed by atoms with Gasteiger partial charge in [0.1, 0.15) is 5.75 Å². The van der Waals surface area contributed by atoms with Gasteiger partial charge in [-0.15, -0.1) is 0 Å². The van der Waals surface area contributed by atoms with E-state index in [4.69, 9.17) is 21.3 Å². The quantitative estimate of drug-likeness (QED) is 0.350. The van der Waals surface area contributed by atoms with Crippen molar-refractivity contribution in [3.63, 3.8) is 0 Å². The first-order valence-electron chi connectivity index (χ1n) is 9.74. The lowest BCUT2D eigenvalue weighted by atomic mass is 10.1. The fourth-order valence-electron chi connectivity index (χ4n) is 3.17. The Morgan fingerprint density at radius 1 is 1.03 bits per heavy atom. The number of nitrogens with zero attached hydrogens (tertiary/aromatic N) is 2. The molecule has 6 heteroatoms. The van der Waals surface area contributed by atoms with Crippen molar-refractivity contribution in [1.82, 2.24) is 4.98 Å². The van der Waals surface area contributed by atoms with Crippen molar-refractivity contribution in [3.8, 4) is 5.75 Å². The highest BCUT2D eigenvalue weighted by atomic mass is 35.5. The molecule has 0 fully saturated rings. The molecule has 0 atom stereocenters. The highest BCUT2D eigenvalue weighted by Crippen LogP contribution is 2.32. The summed E-state index contributed by atoms with van der Waals surface area (Å²) in [5.41, 5.74) is 2.83. The van der Waals surface area contributed by atoms with Crippen molar-refractivity contribution in [2.45, 2.75) is 19.9 Å². The number of rotatable bonds is 7. The number of halogens is 1. The van der Waals surface area contributed by atoms with Crippen LogP contribution in [0.2, 0.25) is 5.02 Å². The molecule has 1 amide bonds. The van der Waals surface area contributed by atoms with Crippen LogP contribution in [0.15, 0.2) is 72.8 Å². The molecule has 3 aromatic carbocycles. The lowest BCUT2D eigenvalue weighted by molar-refractivity contribution is -0.118. The van der Waals surface area contributed by atoms with Crippen LogP contribution in [0.5, 0.6) is 5.75 Å². The summed E-state index contributed by atoms with van der Waals surface area (Å²) >= 11 is 7.61. The fourth-order valence-corrected chi connectivity index (χ4v) is 4.43. The molecule has 1 aromatic heterocycles. The van der Waals surface area contributed by atoms with Gasteiger partial charge in [-0.3, -0.25) is 9.69 Å². The number of carbonyl (C=O) groups is 1. The van der Waals surface area contributed by atoms with Crippen LogP contribution in [0.25, 0.3) is 10.2 Å². The summed E-state index contributed by atoms with van der Waals surface area (Å²) in [5, 5.41) is 1.33. The summed E-state index contributed by atoms with van der Waals surface area (Å²) in [4.78, 5) is 19.8. The van der Waals surface area contributed by atoms with Gasteiger partial charge >= 0.3 is 0 Å². The first-order valence-corrected chi connectivity index (χ1v) is 10.9. The van der Waals surface area contributed by atoms with Crippen LogP contribution in [0.4, 0.5) is 5.13 Å². The Hall–Kier alpha value is -2.89. The first kappa shape index (κ1) is 20.4. The average Bonchev–Trinajstić information content (AvgIpc) is 3.17. The predicted molar refractivity (Wildman–Crippen MR) is 124 cm³/mol. The van der Waals surface area contributed by atoms with E-state index in [9.17, 15) is 4.79 Å². The van der Waals surface area contributed by atoms with Crippen molar-refractivity contribution >= 4 is 44.2 Å². The van der Waals surface area contributed by atoms with Gasteiger partial charge in [0.05, 0.1) is 29.8 Å². The Morgan fingerprint density at radius 2 is 1.80 bits per heavy atom. The SMILES string of the molecule is CCOc1ccc(CC(=O)N(Cc2ccccc2)c2nc3ccc(Cl)cc3s2)cc1. The minimum Gasteiger partial charge on any atom is -0.494 e. The highest BCUT2D eigenvalue weighted by Gasteiger charge is 2.20. The molecule has 30 heavy (non-hydrogen) atoms. The van der Waals surface area contributed by atoms with Gasteiger partial charge in [0.25, 0.3) is 0 Å². The lowest BCUT2D eigenvalue weighted by Crippen LogP contribution is -2.31. The van der Waals surface area contributed by atoms with E-state index in [1.165, 1.54) is 11.3 Å². The molecule has 0 saturated carbocycles. The van der Waals surface area contributed by atoms with Gasteiger partial charge in [-0.05, 0) is 48.4 Å². The lowest BCUT2D eigenvalue weighted by Gasteiger charge is -2.20. The van der Waals surface area contributed by atoms with E-state index in [2.05, 4.69) is 0 Å². The Balaban J connectivity index is 1.62. The molecule has 4 aromatic rings. The number of amides is 1. The van der Waals surface area contributed by atoms with E-state index in [0.29, 0.717) is 23.3 Å². The van der Waals surface area contributed by atoms with Gasteiger partial charge in [-0.1, -0.05) is 65.4 Å². The van der Waals surface area contributed by atoms with Crippen LogP contribution in [-0.2, 0) is 17.8 Å². The van der Waals surface area contributed by atoms with E-state index in [1.807, 2.05) is 79.7 Å². The average molecular weight is 437 g/mol. The Labute approximate surface area is 184 Å². The number of hydrogen-bond donors (Lipinski definition) is 0. The van der Waals surface area contributed by atoms with Crippen LogP contribution in [0, 0.1) is 0 Å². The zero-order chi connectivity index (χ0) is 20.9. The van der Waals surface area contributed by atoms with Crippen LogP contribution < -0.4 is 9.64 Å². The minimum atomic E-state index is -0.00633. The van der Waals surface area contributed by atoms with Gasteiger partial charge in [-0.25, -0.2) is 4.98 Å². The summed E-state index contributed by atoms with van der Waals surface area (Å²) in [6.07, 6.45) is 0.288. The number of ether oxygens (including phenoxy) is 1. The van der Waals surface area contributed by atoms with Gasteiger partial charge in [0, 0.05) is 5.02 Å². The number of thiazole rings is 1. The highest BCUT2D eigenvalue weighted by molar-refractivity contribution is 7.22. The molecule has 0 spiro atoms. The molecule has 0 N–H and O–H groups in total. The largest absolute Gasteiger partial charge is 0.494 e. The van der Waals surface area contributed by atoms with Gasteiger partial charge < -0.3 is 4.74 Å². The van der Waals surface area contributed by atoms with Crippen LogP contribution >= 0.6 is 22.9 Å². The minimum absolute atomic E-state index is 0.00633. The third kappa shape index (κ3) is 4.81. The van der Waals surface area contributed by atoms with Crippen molar-refractivity contribution in [1.29, 1.82) is 0 Å². The number of hydrogen-bond acceptors (Lipinski definition) is 4. The molecule has 4 nitrogen and oxygen atoms in total. The topological polar surface area (TPSA) is 42.4 Å². The molecule has 4 rings (SSSR count). The van der Waals surface area contributed by atoms with E-state index < -0.39 is 0 Å². The van der Waals surface area contributed by atoms with Crippen LogP contribution in [-0.4, -0.2) is 17.5 Å². The molecule has 0 aliphatic rings. The number of anilines is 1. The number of benzene rings is 3. The summed E-state index contributed by atoms with van der Waals surface area (Å²) in [6.45, 7) is 3.03. The Kier molecular flexibility index (Phi) is 6.31. The van der Waals surface area contributed by atoms with E-state index in [1.54, 1.807) is 4.90 Å². The number of carbonyl (C=O) groups excluding carboxylic acids is 1. The smallest absolute Gasteiger partial charge is 0.233 e. The molecule has 0 bridgehead atoms. The van der Waals surface area contributed by atoms with Gasteiger partial charge in [0.2, 0.25) is 5.91 Å². The molecule has 0 unspecified atom stereocenters. The zero-order valence-electron chi connectivity index (χ0n) is 16.5. The summed E-state index contributed by atoms with van der Waals surface area (Å²) in [6, 6.07) is 23.2. The standard InChI is InChI=1S/C24H21ClN2O2S/c1-2-29-20-11-8-17(9-12-20)14-23(28)27(16-18-6-4-3-5-7-18)24-26-21-13-10-19(25)15-22(21)30-24/h3-13,15H,2,14,16H2,1H3. The zero-order valence-corrected chi connectivity index (χ0v) is 18.1. The normalized spacial score (nSPS) is 10.9. The van der Waals surface area contributed by atoms with E-state index in [-0.39, 0.29) is 12.3 Å². The molecule has 0 radical (unpaired) electrons. The molecular weight excluding hydrogens is 416 g/mol. The van der Waals surface area contributed by atoms with Crippen molar-refractivity contribution in [2.24, 2.45) is 0 Å². The Bertz CT molecular complexity index is 1140. The molecule has 0 aliphatic heterocycles. The maximum absolute atomic E-state index is 13.3. The Morgan fingerprint density at radius 3 is 2.53 bits per heavy atom. The summed E-state index contributed by atoms with van der Waals surface area (Å²) < 4.78 is 6.45. The van der Waals surface area contributed by atoms with Crippen LogP contribution in [0.3, 0.4) is 0 Å². The third-order valence-corrected chi connectivity index (χ3v) is 5.92.